The molecule has 0 radical (unpaired) electrons. The minimum atomic E-state index is -0.0317. The van der Waals surface area contributed by atoms with Crippen molar-refractivity contribution in [2.75, 3.05) is 32.8 Å². The number of hydrogen-bond donors (Lipinski definition) is 1. The number of ether oxygens (including phenoxy) is 2. The van der Waals surface area contributed by atoms with Gasteiger partial charge in [0.1, 0.15) is 6.10 Å². The number of unbranched alkanes of at least 4 members (excludes halogenated alkanes) is 14. The van der Waals surface area contributed by atoms with Crippen LogP contribution in [0.15, 0.2) is 0 Å². The standard InChI is InChI=1S/C40H79NO5/c1-5-9-11-19-27-38(28-20-12-10-6-2)46-40(44)30-22-16-14-18-24-33-41(34-35-42)32-23-17-13-15-21-29-39(43)45-36-31-37(25-7-3)26-8-4/h37-38,42H,5-36H2,1-4H3. The predicted molar refractivity (Wildman–Crippen MR) is 195 cm³/mol. The molecule has 0 atom stereocenters. The normalized spacial score (nSPS) is 11.7. The lowest BCUT2D eigenvalue weighted by Crippen LogP contribution is -2.29. The van der Waals surface area contributed by atoms with Gasteiger partial charge in [-0.1, -0.05) is 130 Å². The number of aliphatic hydroxyl groups excluding tert-OH is 1. The van der Waals surface area contributed by atoms with Crippen LogP contribution in [0.4, 0.5) is 0 Å². The van der Waals surface area contributed by atoms with Crippen LogP contribution in [0.1, 0.15) is 201 Å². The van der Waals surface area contributed by atoms with E-state index in [2.05, 4.69) is 32.6 Å². The van der Waals surface area contributed by atoms with Crippen LogP contribution in [0.3, 0.4) is 0 Å². The van der Waals surface area contributed by atoms with E-state index in [1.54, 1.807) is 0 Å². The first kappa shape index (κ1) is 44.9. The highest BCUT2D eigenvalue weighted by atomic mass is 16.5. The fourth-order valence-electron chi connectivity index (χ4n) is 6.51. The van der Waals surface area contributed by atoms with E-state index in [4.69, 9.17) is 9.47 Å². The van der Waals surface area contributed by atoms with Gasteiger partial charge in [-0.05, 0) is 76.8 Å². The SMILES string of the molecule is CCCCCCC(CCCCCC)OC(=O)CCCCCCCN(CCO)CCCCCCCC(=O)OCCC(CCC)CCC. The molecule has 0 aliphatic carbocycles. The number of nitrogens with zero attached hydrogens (tertiary/aromatic N) is 1. The van der Waals surface area contributed by atoms with Gasteiger partial charge in [-0.15, -0.1) is 0 Å². The van der Waals surface area contributed by atoms with Crippen LogP contribution < -0.4 is 0 Å². The van der Waals surface area contributed by atoms with Gasteiger partial charge in [-0.3, -0.25) is 9.59 Å². The van der Waals surface area contributed by atoms with Crippen LogP contribution in [0, 0.1) is 5.92 Å². The Kier molecular flexibility index (Phi) is 34.3. The van der Waals surface area contributed by atoms with Gasteiger partial charge in [0.2, 0.25) is 0 Å². The molecule has 0 aromatic rings. The van der Waals surface area contributed by atoms with Crippen molar-refractivity contribution in [1.82, 2.24) is 4.90 Å². The molecule has 0 spiro atoms. The molecule has 0 aromatic carbocycles. The van der Waals surface area contributed by atoms with Crippen LogP contribution in [0.5, 0.6) is 0 Å². The first-order valence-electron chi connectivity index (χ1n) is 20.2. The summed E-state index contributed by atoms with van der Waals surface area (Å²) in [6.07, 6.45) is 29.9. The third-order valence-electron chi connectivity index (χ3n) is 9.37. The summed E-state index contributed by atoms with van der Waals surface area (Å²) in [4.78, 5) is 27.0. The maximum atomic E-state index is 12.5. The fourth-order valence-corrected chi connectivity index (χ4v) is 6.51. The van der Waals surface area contributed by atoms with Crippen molar-refractivity contribution in [3.05, 3.63) is 0 Å². The number of carbonyl (C=O) groups is 2. The Morgan fingerprint density at radius 1 is 0.522 bits per heavy atom. The van der Waals surface area contributed by atoms with Crippen molar-refractivity contribution in [1.29, 1.82) is 0 Å². The van der Waals surface area contributed by atoms with E-state index >= 15 is 0 Å². The van der Waals surface area contributed by atoms with Gasteiger partial charge < -0.3 is 19.5 Å². The second kappa shape index (κ2) is 35.2. The van der Waals surface area contributed by atoms with E-state index < -0.39 is 0 Å². The van der Waals surface area contributed by atoms with Gasteiger partial charge >= 0.3 is 11.9 Å². The van der Waals surface area contributed by atoms with Gasteiger partial charge in [-0.2, -0.15) is 0 Å². The Morgan fingerprint density at radius 3 is 1.50 bits per heavy atom. The van der Waals surface area contributed by atoms with Gasteiger partial charge in [0.25, 0.3) is 0 Å². The van der Waals surface area contributed by atoms with Crippen molar-refractivity contribution in [3.63, 3.8) is 0 Å². The van der Waals surface area contributed by atoms with Crippen LogP contribution >= 0.6 is 0 Å². The average molecular weight is 654 g/mol. The number of aliphatic hydroxyl groups is 1. The maximum absolute atomic E-state index is 12.5. The van der Waals surface area contributed by atoms with Crippen LogP contribution in [0.25, 0.3) is 0 Å². The summed E-state index contributed by atoms with van der Waals surface area (Å²) in [5.41, 5.74) is 0. The molecule has 0 aliphatic heterocycles. The highest BCUT2D eigenvalue weighted by Crippen LogP contribution is 2.19. The summed E-state index contributed by atoms with van der Waals surface area (Å²) in [6, 6.07) is 0. The molecule has 0 saturated heterocycles. The number of hydrogen-bond acceptors (Lipinski definition) is 6. The molecule has 1 N–H and O–H groups in total. The van der Waals surface area contributed by atoms with Crippen molar-refractivity contribution < 1.29 is 24.2 Å². The number of esters is 2. The van der Waals surface area contributed by atoms with E-state index in [0.717, 1.165) is 90.3 Å². The molecule has 0 amide bonds. The fraction of sp³-hybridized carbons (Fsp3) is 0.950. The highest BCUT2D eigenvalue weighted by Gasteiger charge is 2.14. The molecule has 6 heteroatoms. The highest BCUT2D eigenvalue weighted by molar-refractivity contribution is 5.69. The van der Waals surface area contributed by atoms with Crippen LogP contribution in [-0.4, -0.2) is 60.9 Å². The molecule has 0 fully saturated rings. The van der Waals surface area contributed by atoms with Crippen molar-refractivity contribution >= 4 is 11.9 Å². The lowest BCUT2D eigenvalue weighted by atomic mass is 9.95. The molecule has 0 heterocycles. The Hall–Kier alpha value is -1.14. The molecular formula is C40H79NO5. The van der Waals surface area contributed by atoms with Crippen LogP contribution in [-0.2, 0) is 19.1 Å². The number of carbonyl (C=O) groups excluding carboxylic acids is 2. The Labute approximate surface area is 286 Å². The molecule has 0 rings (SSSR count). The summed E-state index contributed by atoms with van der Waals surface area (Å²) < 4.78 is 11.4. The first-order chi connectivity index (χ1) is 22.5. The zero-order valence-electron chi connectivity index (χ0n) is 31.3. The molecule has 6 nitrogen and oxygen atoms in total. The Bertz CT molecular complexity index is 640. The Balaban J connectivity index is 3.92. The quantitative estimate of drug-likeness (QED) is 0.0535. The topological polar surface area (TPSA) is 76.1 Å². The van der Waals surface area contributed by atoms with Gasteiger partial charge in [0.15, 0.2) is 0 Å². The monoisotopic (exact) mass is 654 g/mol. The van der Waals surface area contributed by atoms with E-state index in [0.29, 0.717) is 25.4 Å². The van der Waals surface area contributed by atoms with E-state index in [1.807, 2.05) is 0 Å². The summed E-state index contributed by atoms with van der Waals surface area (Å²) in [6.45, 7) is 12.5. The number of rotatable bonds is 36. The molecule has 0 bridgehead atoms. The van der Waals surface area contributed by atoms with Crippen molar-refractivity contribution in [2.24, 2.45) is 5.92 Å². The third kappa shape index (κ3) is 30.2. The summed E-state index contributed by atoms with van der Waals surface area (Å²) in [5, 5.41) is 9.51. The van der Waals surface area contributed by atoms with Crippen molar-refractivity contribution in [2.45, 2.75) is 207 Å². The van der Waals surface area contributed by atoms with Gasteiger partial charge in [-0.25, -0.2) is 0 Å². The largest absolute Gasteiger partial charge is 0.466 e. The maximum Gasteiger partial charge on any atom is 0.306 e. The zero-order valence-corrected chi connectivity index (χ0v) is 31.3. The molecular weight excluding hydrogens is 574 g/mol. The van der Waals surface area contributed by atoms with E-state index in [-0.39, 0.29) is 24.6 Å². The summed E-state index contributed by atoms with van der Waals surface area (Å²) >= 11 is 0. The molecule has 0 aromatic heterocycles. The van der Waals surface area contributed by atoms with Crippen molar-refractivity contribution in [3.8, 4) is 0 Å². The van der Waals surface area contributed by atoms with E-state index in [9.17, 15) is 14.7 Å². The molecule has 274 valence electrons. The average Bonchev–Trinajstić information content (AvgIpc) is 3.04. The molecule has 0 saturated carbocycles. The Morgan fingerprint density at radius 2 is 1.00 bits per heavy atom. The molecule has 0 unspecified atom stereocenters. The molecule has 0 aliphatic rings. The minimum absolute atomic E-state index is 0.00309. The zero-order chi connectivity index (χ0) is 33.9. The van der Waals surface area contributed by atoms with Gasteiger partial charge in [0.05, 0.1) is 13.2 Å². The lowest BCUT2D eigenvalue weighted by molar-refractivity contribution is -0.150. The minimum Gasteiger partial charge on any atom is -0.466 e. The first-order valence-corrected chi connectivity index (χ1v) is 20.2. The summed E-state index contributed by atoms with van der Waals surface area (Å²) in [5.74, 6) is 0.669. The predicted octanol–water partition coefficient (Wildman–Crippen LogP) is 11.0. The summed E-state index contributed by atoms with van der Waals surface area (Å²) in [7, 11) is 0. The van der Waals surface area contributed by atoms with Crippen LogP contribution in [0.2, 0.25) is 0 Å². The molecule has 46 heavy (non-hydrogen) atoms. The lowest BCUT2D eigenvalue weighted by Gasteiger charge is -2.21. The second-order valence-electron chi connectivity index (χ2n) is 13.9. The van der Waals surface area contributed by atoms with Gasteiger partial charge in [0, 0.05) is 19.4 Å². The smallest absolute Gasteiger partial charge is 0.306 e. The third-order valence-corrected chi connectivity index (χ3v) is 9.37. The second-order valence-corrected chi connectivity index (χ2v) is 13.9. The van der Waals surface area contributed by atoms with E-state index in [1.165, 1.54) is 89.9 Å².